The molecule has 0 spiro atoms. The van der Waals surface area contributed by atoms with Gasteiger partial charge in [0.15, 0.2) is 0 Å². The van der Waals surface area contributed by atoms with Crippen LogP contribution in [0.25, 0.3) is 5.57 Å². The van der Waals surface area contributed by atoms with Crippen molar-refractivity contribution in [1.29, 1.82) is 0 Å². The Kier molecular flexibility index (Phi) is 4.20. The SMILES string of the molecule is C=C(C)c1cc2c(nc1N1CCCC(F)(F)CC1)CCCC2. The van der Waals surface area contributed by atoms with Gasteiger partial charge < -0.3 is 4.90 Å². The lowest BCUT2D eigenvalue weighted by molar-refractivity contribution is -0.0102. The van der Waals surface area contributed by atoms with Gasteiger partial charge in [-0.05, 0) is 56.2 Å². The maximum atomic E-state index is 13.6. The van der Waals surface area contributed by atoms with E-state index >= 15 is 0 Å². The Hall–Kier alpha value is -1.45. The maximum Gasteiger partial charge on any atom is 0.249 e. The van der Waals surface area contributed by atoms with Gasteiger partial charge in [-0.15, -0.1) is 0 Å². The number of hydrogen-bond acceptors (Lipinski definition) is 2. The Balaban J connectivity index is 1.96. The quantitative estimate of drug-likeness (QED) is 0.792. The van der Waals surface area contributed by atoms with E-state index < -0.39 is 5.92 Å². The van der Waals surface area contributed by atoms with Crippen molar-refractivity contribution in [2.45, 2.75) is 57.8 Å². The summed E-state index contributed by atoms with van der Waals surface area (Å²) in [4.78, 5) is 6.91. The van der Waals surface area contributed by atoms with Crippen LogP contribution in [-0.4, -0.2) is 24.0 Å². The summed E-state index contributed by atoms with van der Waals surface area (Å²) in [7, 11) is 0. The highest BCUT2D eigenvalue weighted by atomic mass is 19.3. The monoisotopic (exact) mass is 306 g/mol. The van der Waals surface area contributed by atoms with Crippen molar-refractivity contribution in [3.63, 3.8) is 0 Å². The topological polar surface area (TPSA) is 16.1 Å². The predicted molar refractivity (Wildman–Crippen MR) is 86.6 cm³/mol. The van der Waals surface area contributed by atoms with Crippen molar-refractivity contribution < 1.29 is 8.78 Å². The van der Waals surface area contributed by atoms with Gasteiger partial charge in [0.05, 0.1) is 0 Å². The zero-order chi connectivity index (χ0) is 15.7. The molecular weight excluding hydrogens is 282 g/mol. The van der Waals surface area contributed by atoms with Gasteiger partial charge in [0.25, 0.3) is 0 Å². The predicted octanol–water partition coefficient (Wildman–Crippen LogP) is 4.62. The van der Waals surface area contributed by atoms with Crippen LogP contribution in [0.5, 0.6) is 0 Å². The first-order valence-electron chi connectivity index (χ1n) is 8.28. The van der Waals surface area contributed by atoms with Crippen LogP contribution in [0.2, 0.25) is 0 Å². The minimum atomic E-state index is -2.54. The molecule has 22 heavy (non-hydrogen) atoms. The molecule has 3 rings (SSSR count). The summed E-state index contributed by atoms with van der Waals surface area (Å²) in [6.07, 6.45) is 4.87. The van der Waals surface area contributed by atoms with Crippen molar-refractivity contribution in [1.82, 2.24) is 4.98 Å². The van der Waals surface area contributed by atoms with Gasteiger partial charge in [-0.3, -0.25) is 0 Å². The molecule has 1 saturated heterocycles. The lowest BCUT2D eigenvalue weighted by Crippen LogP contribution is -2.28. The minimum absolute atomic E-state index is 0.0170. The van der Waals surface area contributed by atoms with Crippen LogP contribution in [0.15, 0.2) is 12.6 Å². The van der Waals surface area contributed by atoms with Crippen LogP contribution < -0.4 is 4.90 Å². The zero-order valence-electron chi connectivity index (χ0n) is 13.3. The molecule has 2 nitrogen and oxygen atoms in total. The Labute approximate surface area is 131 Å². The molecule has 0 atom stereocenters. The fraction of sp³-hybridized carbons (Fsp3) is 0.611. The van der Waals surface area contributed by atoms with E-state index in [0.29, 0.717) is 19.5 Å². The van der Waals surface area contributed by atoms with E-state index in [1.165, 1.54) is 18.4 Å². The smallest absolute Gasteiger partial charge is 0.249 e. The van der Waals surface area contributed by atoms with E-state index in [4.69, 9.17) is 4.98 Å². The second-order valence-electron chi connectivity index (χ2n) is 6.65. The van der Waals surface area contributed by atoms with E-state index in [0.717, 1.165) is 35.5 Å². The highest BCUT2D eigenvalue weighted by Crippen LogP contribution is 2.34. The summed E-state index contributed by atoms with van der Waals surface area (Å²) in [6, 6.07) is 2.20. The number of halogens is 2. The lowest BCUT2D eigenvalue weighted by Gasteiger charge is -2.27. The molecule has 1 fully saturated rings. The Bertz CT molecular complexity index is 581. The molecule has 0 unspecified atom stereocenters. The number of hydrogen-bond donors (Lipinski definition) is 0. The van der Waals surface area contributed by atoms with E-state index in [9.17, 15) is 8.78 Å². The minimum Gasteiger partial charge on any atom is -0.356 e. The van der Waals surface area contributed by atoms with Crippen LogP contribution in [-0.2, 0) is 12.8 Å². The van der Waals surface area contributed by atoms with Crippen molar-refractivity contribution >= 4 is 11.4 Å². The summed E-state index contributed by atoms with van der Waals surface area (Å²) >= 11 is 0. The third kappa shape index (κ3) is 3.16. The first-order chi connectivity index (χ1) is 10.5. The number of pyridine rings is 1. The van der Waals surface area contributed by atoms with Crippen molar-refractivity contribution in [3.8, 4) is 0 Å². The summed E-state index contributed by atoms with van der Waals surface area (Å²) < 4.78 is 27.2. The molecule has 1 aromatic heterocycles. The summed E-state index contributed by atoms with van der Waals surface area (Å²) in [5, 5.41) is 0. The molecule has 2 aliphatic rings. The highest BCUT2D eigenvalue weighted by molar-refractivity contribution is 5.73. The molecule has 0 saturated carbocycles. The average molecular weight is 306 g/mol. The third-order valence-corrected chi connectivity index (χ3v) is 4.76. The second-order valence-corrected chi connectivity index (χ2v) is 6.65. The van der Waals surface area contributed by atoms with E-state index in [1.807, 2.05) is 11.8 Å². The van der Waals surface area contributed by atoms with E-state index in [2.05, 4.69) is 12.6 Å². The second kappa shape index (κ2) is 5.98. The zero-order valence-corrected chi connectivity index (χ0v) is 13.3. The first-order valence-corrected chi connectivity index (χ1v) is 8.28. The molecule has 0 N–H and O–H groups in total. The fourth-order valence-corrected chi connectivity index (χ4v) is 3.45. The average Bonchev–Trinajstić information content (AvgIpc) is 2.66. The molecule has 0 radical (unpaired) electrons. The fourth-order valence-electron chi connectivity index (χ4n) is 3.45. The standard InChI is InChI=1S/C18H24F2N2/c1-13(2)15-12-14-6-3-4-7-16(14)21-17(15)22-10-5-8-18(19,20)9-11-22/h12H,1,3-11H2,2H3. The number of fused-ring (bicyclic) bond motifs is 1. The Morgan fingerprint density at radius 1 is 1.18 bits per heavy atom. The van der Waals surface area contributed by atoms with Crippen molar-refractivity contribution in [2.75, 3.05) is 18.0 Å². The number of alkyl halides is 2. The number of nitrogens with zero attached hydrogens (tertiary/aromatic N) is 2. The molecule has 0 aromatic carbocycles. The van der Waals surface area contributed by atoms with Crippen LogP contribution in [0.3, 0.4) is 0 Å². The third-order valence-electron chi connectivity index (χ3n) is 4.76. The van der Waals surface area contributed by atoms with Crippen LogP contribution in [0.4, 0.5) is 14.6 Å². The normalized spacial score (nSPS) is 21.1. The molecule has 0 bridgehead atoms. The van der Waals surface area contributed by atoms with Gasteiger partial charge in [-0.25, -0.2) is 13.8 Å². The van der Waals surface area contributed by atoms with Gasteiger partial charge >= 0.3 is 0 Å². The van der Waals surface area contributed by atoms with Crippen LogP contribution in [0, 0.1) is 0 Å². The molecule has 0 amide bonds. The molecule has 4 heteroatoms. The maximum absolute atomic E-state index is 13.6. The highest BCUT2D eigenvalue weighted by Gasteiger charge is 2.32. The number of allylic oxidation sites excluding steroid dienone is 1. The van der Waals surface area contributed by atoms with Gasteiger partial charge in [0.2, 0.25) is 5.92 Å². The Morgan fingerprint density at radius 3 is 2.73 bits per heavy atom. The van der Waals surface area contributed by atoms with E-state index in [-0.39, 0.29) is 12.8 Å². The number of aryl methyl sites for hydroxylation is 2. The molecule has 2 heterocycles. The molecule has 1 aliphatic heterocycles. The Morgan fingerprint density at radius 2 is 1.95 bits per heavy atom. The molecule has 1 aliphatic carbocycles. The summed E-state index contributed by atoms with van der Waals surface area (Å²) in [5.41, 5.74) is 4.47. The number of aromatic nitrogens is 1. The molecule has 120 valence electrons. The number of rotatable bonds is 2. The number of anilines is 1. The van der Waals surface area contributed by atoms with Gasteiger partial charge in [0.1, 0.15) is 5.82 Å². The van der Waals surface area contributed by atoms with E-state index in [1.54, 1.807) is 0 Å². The van der Waals surface area contributed by atoms with Gasteiger partial charge in [-0.2, -0.15) is 0 Å². The van der Waals surface area contributed by atoms with Crippen molar-refractivity contribution in [2.24, 2.45) is 0 Å². The van der Waals surface area contributed by atoms with Crippen molar-refractivity contribution in [3.05, 3.63) is 29.5 Å². The first kappa shape index (κ1) is 15.4. The molecule has 1 aromatic rings. The van der Waals surface area contributed by atoms with Gasteiger partial charge in [-0.1, -0.05) is 6.58 Å². The lowest BCUT2D eigenvalue weighted by atomic mass is 9.93. The molecular formula is C18H24F2N2. The van der Waals surface area contributed by atoms with Crippen LogP contribution >= 0.6 is 0 Å². The summed E-state index contributed by atoms with van der Waals surface area (Å²) in [6.45, 7) is 7.07. The largest absolute Gasteiger partial charge is 0.356 e. The van der Waals surface area contributed by atoms with Crippen LogP contribution in [0.1, 0.15) is 55.8 Å². The van der Waals surface area contributed by atoms with Gasteiger partial charge in [0, 0.05) is 37.2 Å². The summed E-state index contributed by atoms with van der Waals surface area (Å²) in [5.74, 6) is -1.67.